The number of hydrogen-bond donors (Lipinski definition) is 2. The van der Waals surface area contributed by atoms with Gasteiger partial charge in [-0.3, -0.25) is 9.69 Å². The van der Waals surface area contributed by atoms with Crippen molar-refractivity contribution in [1.29, 1.82) is 0 Å². The highest BCUT2D eigenvalue weighted by atomic mass is 16.6. The second-order valence-electron chi connectivity index (χ2n) is 6.67. The number of carbonyl (C=O) groups is 3. The SMILES string of the molecule is COC(=O)[C@@H]1[C@H]2CC[C@@H](C(OC(=O)c3ccc(C(=O)O)cc3)[C@@H]1O)N2C. The molecular weight excluding hydrogens is 342 g/mol. The summed E-state index contributed by atoms with van der Waals surface area (Å²) in [5.41, 5.74) is 0.239. The van der Waals surface area contributed by atoms with Gasteiger partial charge in [-0.15, -0.1) is 0 Å². The molecule has 0 radical (unpaired) electrons. The monoisotopic (exact) mass is 363 g/mol. The van der Waals surface area contributed by atoms with Crippen LogP contribution in [0.15, 0.2) is 24.3 Å². The number of methoxy groups -OCH3 is 1. The Labute approximate surface area is 150 Å². The lowest BCUT2D eigenvalue weighted by Gasteiger charge is -2.43. The summed E-state index contributed by atoms with van der Waals surface area (Å²) in [6.07, 6.45) is -0.617. The minimum Gasteiger partial charge on any atom is -0.478 e. The molecule has 8 heteroatoms. The largest absolute Gasteiger partial charge is 0.478 e. The minimum atomic E-state index is -1.15. The first-order valence-electron chi connectivity index (χ1n) is 8.37. The lowest BCUT2D eigenvalue weighted by Crippen LogP contribution is -2.61. The highest BCUT2D eigenvalue weighted by Crippen LogP contribution is 2.40. The quantitative estimate of drug-likeness (QED) is 0.745. The number of fused-ring (bicyclic) bond motifs is 2. The van der Waals surface area contributed by atoms with E-state index in [9.17, 15) is 19.5 Å². The van der Waals surface area contributed by atoms with Crippen molar-refractivity contribution in [2.24, 2.45) is 5.92 Å². The maximum absolute atomic E-state index is 12.5. The summed E-state index contributed by atoms with van der Waals surface area (Å²) in [6.45, 7) is 0. The number of aliphatic hydroxyl groups excluding tert-OH is 1. The lowest BCUT2D eigenvalue weighted by atomic mass is 9.86. The Bertz CT molecular complexity index is 717. The zero-order chi connectivity index (χ0) is 19.0. The molecule has 2 aliphatic rings. The fourth-order valence-electron chi connectivity index (χ4n) is 4.00. The van der Waals surface area contributed by atoms with Gasteiger partial charge in [-0.25, -0.2) is 9.59 Å². The maximum atomic E-state index is 12.5. The van der Waals surface area contributed by atoms with Crippen LogP contribution in [0.2, 0.25) is 0 Å². The van der Waals surface area contributed by atoms with Gasteiger partial charge in [0.1, 0.15) is 18.1 Å². The van der Waals surface area contributed by atoms with Gasteiger partial charge in [0, 0.05) is 12.1 Å². The Hall–Kier alpha value is -2.45. The molecule has 0 aromatic heterocycles. The van der Waals surface area contributed by atoms with E-state index in [1.807, 2.05) is 11.9 Å². The van der Waals surface area contributed by atoms with Crippen LogP contribution in [0.3, 0.4) is 0 Å². The number of aliphatic hydroxyl groups is 1. The van der Waals surface area contributed by atoms with Gasteiger partial charge in [0.25, 0.3) is 0 Å². The average molecular weight is 363 g/mol. The molecule has 26 heavy (non-hydrogen) atoms. The first-order chi connectivity index (χ1) is 12.3. The topological polar surface area (TPSA) is 113 Å². The van der Waals surface area contributed by atoms with Gasteiger partial charge in [-0.05, 0) is 44.2 Å². The number of likely N-dealkylation sites (N-methyl/N-ethyl adjacent to an activating group) is 1. The smallest absolute Gasteiger partial charge is 0.338 e. The van der Waals surface area contributed by atoms with Crippen molar-refractivity contribution < 1.29 is 34.1 Å². The number of ether oxygens (including phenoxy) is 2. The minimum absolute atomic E-state index is 0.0587. The summed E-state index contributed by atoms with van der Waals surface area (Å²) in [7, 11) is 3.10. The van der Waals surface area contributed by atoms with Crippen LogP contribution >= 0.6 is 0 Å². The molecule has 2 saturated heterocycles. The average Bonchev–Trinajstić information content (AvgIpc) is 2.92. The van der Waals surface area contributed by atoms with Crippen molar-refractivity contribution in [1.82, 2.24) is 4.90 Å². The maximum Gasteiger partial charge on any atom is 0.338 e. The van der Waals surface area contributed by atoms with Crippen LogP contribution in [-0.2, 0) is 14.3 Å². The van der Waals surface area contributed by atoms with Crippen LogP contribution in [-0.4, -0.2) is 71.5 Å². The summed E-state index contributed by atoms with van der Waals surface area (Å²) in [4.78, 5) is 37.4. The standard InChI is InChI=1S/C18H21NO7/c1-19-11-7-8-12(19)15(14(20)13(11)18(24)25-2)26-17(23)10-5-3-9(4-6-10)16(21)22/h3-6,11-15,20H,7-8H2,1-2H3,(H,21,22)/t11-,12+,13-,14-,15?/m1/s1. The summed E-state index contributed by atoms with van der Waals surface area (Å²) in [5, 5.41) is 19.6. The van der Waals surface area contributed by atoms with Gasteiger partial charge in [0.2, 0.25) is 0 Å². The fourth-order valence-corrected chi connectivity index (χ4v) is 4.00. The molecule has 0 aliphatic carbocycles. The molecule has 5 atom stereocenters. The molecular formula is C18H21NO7. The number of carboxylic acids is 1. The van der Waals surface area contributed by atoms with Crippen molar-refractivity contribution in [3.05, 3.63) is 35.4 Å². The lowest BCUT2D eigenvalue weighted by molar-refractivity contribution is -0.166. The third-order valence-electron chi connectivity index (χ3n) is 5.39. The van der Waals surface area contributed by atoms with Crippen molar-refractivity contribution in [3.8, 4) is 0 Å². The number of benzene rings is 1. The zero-order valence-electron chi connectivity index (χ0n) is 14.5. The zero-order valence-corrected chi connectivity index (χ0v) is 14.5. The number of carboxylic acid groups (broad SMARTS) is 1. The Balaban J connectivity index is 1.80. The molecule has 1 aromatic rings. The van der Waals surface area contributed by atoms with E-state index in [1.54, 1.807) is 0 Å². The number of carbonyl (C=O) groups excluding carboxylic acids is 2. The van der Waals surface area contributed by atoms with Gasteiger partial charge in [-0.2, -0.15) is 0 Å². The van der Waals surface area contributed by atoms with E-state index in [0.717, 1.165) is 0 Å². The molecule has 2 fully saturated rings. The third kappa shape index (κ3) is 3.06. The van der Waals surface area contributed by atoms with E-state index in [4.69, 9.17) is 14.6 Å². The Morgan fingerprint density at radius 3 is 2.23 bits per heavy atom. The highest BCUT2D eigenvalue weighted by Gasteiger charge is 2.55. The van der Waals surface area contributed by atoms with Crippen LogP contribution in [0.25, 0.3) is 0 Å². The van der Waals surface area contributed by atoms with Gasteiger partial charge in [0.05, 0.1) is 18.2 Å². The van der Waals surface area contributed by atoms with Crippen molar-refractivity contribution in [2.75, 3.05) is 14.2 Å². The van der Waals surface area contributed by atoms with E-state index in [1.165, 1.54) is 31.4 Å². The van der Waals surface area contributed by atoms with E-state index in [2.05, 4.69) is 0 Å². The molecule has 1 unspecified atom stereocenters. The van der Waals surface area contributed by atoms with E-state index in [0.29, 0.717) is 12.8 Å². The predicted octanol–water partition coefficient (Wildman–Crippen LogP) is 0.537. The molecule has 3 rings (SSSR count). The predicted molar refractivity (Wildman–Crippen MR) is 88.7 cm³/mol. The fraction of sp³-hybridized carbons (Fsp3) is 0.500. The van der Waals surface area contributed by atoms with Crippen LogP contribution in [0.5, 0.6) is 0 Å². The summed E-state index contributed by atoms with van der Waals surface area (Å²) in [5.74, 6) is -3.07. The first-order valence-corrected chi connectivity index (χ1v) is 8.37. The van der Waals surface area contributed by atoms with Gasteiger partial charge >= 0.3 is 17.9 Å². The Morgan fingerprint density at radius 2 is 1.65 bits per heavy atom. The first kappa shape index (κ1) is 18.3. The number of aromatic carboxylic acids is 1. The second-order valence-corrected chi connectivity index (χ2v) is 6.67. The van der Waals surface area contributed by atoms with E-state index in [-0.39, 0.29) is 23.2 Å². The van der Waals surface area contributed by atoms with Crippen molar-refractivity contribution in [2.45, 2.75) is 37.1 Å². The molecule has 2 N–H and O–H groups in total. The third-order valence-corrected chi connectivity index (χ3v) is 5.39. The van der Waals surface area contributed by atoms with Gasteiger partial charge in [-0.1, -0.05) is 0 Å². The number of hydrogen-bond acceptors (Lipinski definition) is 7. The van der Waals surface area contributed by atoms with Crippen LogP contribution in [0, 0.1) is 5.92 Å². The Kier molecular flexibility index (Phi) is 4.97. The van der Waals surface area contributed by atoms with Gasteiger partial charge < -0.3 is 19.7 Å². The van der Waals surface area contributed by atoms with Crippen LogP contribution in [0.4, 0.5) is 0 Å². The van der Waals surface area contributed by atoms with Crippen molar-refractivity contribution >= 4 is 17.9 Å². The summed E-state index contributed by atoms with van der Waals surface area (Å²) >= 11 is 0. The molecule has 8 nitrogen and oxygen atoms in total. The number of rotatable bonds is 4. The van der Waals surface area contributed by atoms with E-state index >= 15 is 0 Å². The normalized spacial score (nSPS) is 30.7. The summed E-state index contributed by atoms with van der Waals surface area (Å²) < 4.78 is 10.3. The number of nitrogens with zero attached hydrogens (tertiary/aromatic N) is 1. The van der Waals surface area contributed by atoms with E-state index < -0.39 is 36.0 Å². The number of piperidine rings is 1. The summed E-state index contributed by atoms with van der Waals surface area (Å²) in [6, 6.07) is 5.02. The second kappa shape index (κ2) is 7.05. The van der Waals surface area contributed by atoms with Crippen molar-refractivity contribution in [3.63, 3.8) is 0 Å². The molecule has 140 valence electrons. The molecule has 2 bridgehead atoms. The molecule has 2 aliphatic heterocycles. The van der Waals surface area contributed by atoms with Crippen LogP contribution in [0.1, 0.15) is 33.6 Å². The molecule has 0 amide bonds. The molecule has 2 heterocycles. The number of esters is 2. The Morgan fingerprint density at radius 1 is 1.08 bits per heavy atom. The molecule has 1 aromatic carbocycles. The van der Waals surface area contributed by atoms with Crippen LogP contribution < -0.4 is 0 Å². The highest BCUT2D eigenvalue weighted by molar-refractivity contribution is 5.92. The molecule has 0 saturated carbocycles. The van der Waals surface area contributed by atoms with Gasteiger partial charge in [0.15, 0.2) is 0 Å². The molecule has 0 spiro atoms.